The predicted octanol–water partition coefficient (Wildman–Crippen LogP) is 2.66. The second-order valence-electron chi connectivity index (χ2n) is 5.62. The van der Waals surface area contributed by atoms with E-state index in [1.165, 1.54) is 12.8 Å². The van der Waals surface area contributed by atoms with E-state index in [1.54, 1.807) is 24.4 Å². The van der Waals surface area contributed by atoms with Gasteiger partial charge < -0.3 is 19.7 Å². The summed E-state index contributed by atoms with van der Waals surface area (Å²) in [7, 11) is 0. The number of rotatable bonds is 3. The van der Waals surface area contributed by atoms with Crippen LogP contribution in [-0.4, -0.2) is 30.8 Å². The zero-order valence-corrected chi connectivity index (χ0v) is 12.6. The zero-order valence-electron chi connectivity index (χ0n) is 12.6. The van der Waals surface area contributed by atoms with Crippen LogP contribution in [0.25, 0.3) is 0 Å². The first-order chi connectivity index (χ1) is 11.3. The molecule has 1 N–H and O–H groups in total. The van der Waals surface area contributed by atoms with Crippen LogP contribution < -0.4 is 19.7 Å². The Labute approximate surface area is 134 Å². The Hall–Kier alpha value is -2.76. The minimum Gasteiger partial charge on any atom is -0.454 e. The van der Waals surface area contributed by atoms with Crippen LogP contribution in [0.5, 0.6) is 11.5 Å². The molecular weight excluding hydrogens is 294 g/mol. The van der Waals surface area contributed by atoms with Gasteiger partial charge in [-0.2, -0.15) is 0 Å². The first-order valence-corrected chi connectivity index (χ1v) is 7.71. The molecular formula is C17H17N3O3. The van der Waals surface area contributed by atoms with Gasteiger partial charge in [0.2, 0.25) is 6.79 Å². The van der Waals surface area contributed by atoms with Crippen molar-refractivity contribution < 1.29 is 14.3 Å². The third-order valence-electron chi connectivity index (χ3n) is 4.10. The molecule has 118 valence electrons. The number of fused-ring (bicyclic) bond motifs is 1. The smallest absolute Gasteiger partial charge is 0.256 e. The maximum absolute atomic E-state index is 12.3. The highest BCUT2D eigenvalue weighted by atomic mass is 16.7. The standard InChI is InChI=1S/C17H17N3O3/c21-17(12-3-5-14-15(9-12)23-11-22-14)19-16-6-4-13(10-18-16)20-7-1-2-8-20/h3-6,9-10H,1-2,7-8,11H2,(H,18,19,21). The summed E-state index contributed by atoms with van der Waals surface area (Å²) in [5.74, 6) is 1.57. The minimum atomic E-state index is -0.218. The van der Waals surface area contributed by atoms with Gasteiger partial charge in [-0.1, -0.05) is 0 Å². The van der Waals surface area contributed by atoms with E-state index >= 15 is 0 Å². The maximum Gasteiger partial charge on any atom is 0.256 e. The van der Waals surface area contributed by atoms with Gasteiger partial charge in [-0.15, -0.1) is 0 Å². The van der Waals surface area contributed by atoms with E-state index in [2.05, 4.69) is 15.2 Å². The summed E-state index contributed by atoms with van der Waals surface area (Å²) in [6.07, 6.45) is 4.26. The van der Waals surface area contributed by atoms with Gasteiger partial charge in [0.1, 0.15) is 5.82 Å². The lowest BCUT2D eigenvalue weighted by molar-refractivity contribution is 0.102. The Morgan fingerprint density at radius 1 is 1.09 bits per heavy atom. The van der Waals surface area contributed by atoms with Crippen LogP contribution in [0.2, 0.25) is 0 Å². The summed E-state index contributed by atoms with van der Waals surface area (Å²) in [5.41, 5.74) is 1.61. The zero-order chi connectivity index (χ0) is 15.6. The van der Waals surface area contributed by atoms with Crippen molar-refractivity contribution in [2.45, 2.75) is 12.8 Å². The second kappa shape index (κ2) is 5.79. The van der Waals surface area contributed by atoms with Gasteiger partial charge in [-0.3, -0.25) is 4.79 Å². The lowest BCUT2D eigenvalue weighted by Gasteiger charge is -2.17. The monoisotopic (exact) mass is 311 g/mol. The fourth-order valence-electron chi connectivity index (χ4n) is 2.85. The third kappa shape index (κ3) is 2.79. The molecule has 1 saturated heterocycles. The van der Waals surface area contributed by atoms with Crippen molar-refractivity contribution in [3.8, 4) is 11.5 Å². The van der Waals surface area contributed by atoms with Crippen molar-refractivity contribution in [2.24, 2.45) is 0 Å². The molecule has 2 aliphatic heterocycles. The molecule has 3 heterocycles. The minimum absolute atomic E-state index is 0.194. The van der Waals surface area contributed by atoms with E-state index in [0.29, 0.717) is 22.9 Å². The van der Waals surface area contributed by atoms with Gasteiger partial charge in [-0.25, -0.2) is 4.98 Å². The SMILES string of the molecule is O=C(Nc1ccc(N2CCCC2)cn1)c1ccc2c(c1)OCO2. The molecule has 1 amide bonds. The van der Waals surface area contributed by atoms with Crippen molar-refractivity contribution in [1.82, 2.24) is 4.98 Å². The van der Waals surface area contributed by atoms with Crippen molar-refractivity contribution in [2.75, 3.05) is 30.1 Å². The Morgan fingerprint density at radius 2 is 1.91 bits per heavy atom. The Balaban J connectivity index is 1.46. The Morgan fingerprint density at radius 3 is 2.70 bits per heavy atom. The molecule has 0 aliphatic carbocycles. The Bertz CT molecular complexity index is 724. The Kier molecular flexibility index (Phi) is 3.49. The first kappa shape index (κ1) is 13.9. The number of anilines is 2. The van der Waals surface area contributed by atoms with E-state index < -0.39 is 0 Å². The van der Waals surface area contributed by atoms with E-state index in [9.17, 15) is 4.79 Å². The van der Waals surface area contributed by atoms with Crippen LogP contribution in [0, 0.1) is 0 Å². The number of aromatic nitrogens is 1. The molecule has 0 radical (unpaired) electrons. The number of hydrogen-bond acceptors (Lipinski definition) is 5. The van der Waals surface area contributed by atoms with E-state index in [1.807, 2.05) is 12.1 Å². The van der Waals surface area contributed by atoms with E-state index in [0.717, 1.165) is 18.8 Å². The topological polar surface area (TPSA) is 63.7 Å². The molecule has 1 fully saturated rings. The molecule has 1 aromatic heterocycles. The molecule has 1 aromatic carbocycles. The van der Waals surface area contributed by atoms with Gasteiger partial charge >= 0.3 is 0 Å². The van der Waals surface area contributed by atoms with Gasteiger partial charge in [0, 0.05) is 18.7 Å². The van der Waals surface area contributed by atoms with Crippen molar-refractivity contribution in [1.29, 1.82) is 0 Å². The summed E-state index contributed by atoms with van der Waals surface area (Å²) in [5, 5.41) is 2.80. The molecule has 0 spiro atoms. The summed E-state index contributed by atoms with van der Waals surface area (Å²) < 4.78 is 10.5. The summed E-state index contributed by atoms with van der Waals surface area (Å²) in [6.45, 7) is 2.34. The van der Waals surface area contributed by atoms with Gasteiger partial charge in [0.05, 0.1) is 11.9 Å². The molecule has 6 nitrogen and oxygen atoms in total. The van der Waals surface area contributed by atoms with Crippen LogP contribution in [0.4, 0.5) is 11.5 Å². The van der Waals surface area contributed by atoms with Crippen LogP contribution in [-0.2, 0) is 0 Å². The number of carbonyl (C=O) groups is 1. The average molecular weight is 311 g/mol. The van der Waals surface area contributed by atoms with Crippen LogP contribution in [0.3, 0.4) is 0 Å². The van der Waals surface area contributed by atoms with Crippen LogP contribution in [0.1, 0.15) is 23.2 Å². The first-order valence-electron chi connectivity index (χ1n) is 7.71. The van der Waals surface area contributed by atoms with E-state index in [4.69, 9.17) is 9.47 Å². The number of pyridine rings is 1. The predicted molar refractivity (Wildman–Crippen MR) is 86.2 cm³/mol. The molecule has 6 heteroatoms. The molecule has 0 saturated carbocycles. The van der Waals surface area contributed by atoms with Crippen molar-refractivity contribution in [3.63, 3.8) is 0 Å². The molecule has 0 atom stereocenters. The number of benzene rings is 1. The highest BCUT2D eigenvalue weighted by Crippen LogP contribution is 2.32. The highest BCUT2D eigenvalue weighted by molar-refractivity contribution is 6.04. The van der Waals surface area contributed by atoms with Crippen molar-refractivity contribution >= 4 is 17.4 Å². The lowest BCUT2D eigenvalue weighted by Crippen LogP contribution is -2.18. The maximum atomic E-state index is 12.3. The highest BCUT2D eigenvalue weighted by Gasteiger charge is 2.17. The molecule has 2 aromatic rings. The average Bonchev–Trinajstić information content (AvgIpc) is 3.26. The molecule has 0 bridgehead atoms. The number of nitrogens with one attached hydrogen (secondary N) is 1. The second-order valence-corrected chi connectivity index (χ2v) is 5.62. The molecule has 2 aliphatic rings. The quantitative estimate of drug-likeness (QED) is 0.944. The van der Waals surface area contributed by atoms with Gasteiger partial charge in [-0.05, 0) is 43.2 Å². The van der Waals surface area contributed by atoms with Crippen LogP contribution in [0.15, 0.2) is 36.5 Å². The fraction of sp³-hybridized carbons (Fsp3) is 0.294. The molecule has 23 heavy (non-hydrogen) atoms. The molecule has 4 rings (SSSR count). The van der Waals surface area contributed by atoms with Gasteiger partial charge in [0.25, 0.3) is 5.91 Å². The fourth-order valence-corrected chi connectivity index (χ4v) is 2.85. The number of carbonyl (C=O) groups excluding carboxylic acids is 1. The molecule has 0 unspecified atom stereocenters. The van der Waals surface area contributed by atoms with Gasteiger partial charge in [0.15, 0.2) is 11.5 Å². The number of amides is 1. The normalized spacial score (nSPS) is 15.7. The van der Waals surface area contributed by atoms with Crippen molar-refractivity contribution in [3.05, 3.63) is 42.1 Å². The summed E-state index contributed by atoms with van der Waals surface area (Å²) in [4.78, 5) is 18.9. The third-order valence-corrected chi connectivity index (χ3v) is 4.10. The summed E-state index contributed by atoms with van der Waals surface area (Å²) in [6, 6.07) is 8.95. The lowest BCUT2D eigenvalue weighted by atomic mass is 10.2. The number of ether oxygens (including phenoxy) is 2. The number of nitrogens with zero attached hydrogens (tertiary/aromatic N) is 2. The largest absolute Gasteiger partial charge is 0.454 e. The summed E-state index contributed by atoms with van der Waals surface area (Å²) >= 11 is 0. The number of hydrogen-bond donors (Lipinski definition) is 1. The van der Waals surface area contributed by atoms with Crippen LogP contribution >= 0.6 is 0 Å². The van der Waals surface area contributed by atoms with E-state index in [-0.39, 0.29) is 12.7 Å².